The van der Waals surface area contributed by atoms with Crippen LogP contribution in [-0.2, 0) is 4.79 Å². The zero-order valence-corrected chi connectivity index (χ0v) is 13.6. The summed E-state index contributed by atoms with van der Waals surface area (Å²) in [6, 6.07) is 6.32. The molecule has 2 aliphatic rings. The molecule has 0 saturated heterocycles. The van der Waals surface area contributed by atoms with Crippen molar-refractivity contribution in [2.75, 3.05) is 0 Å². The molecule has 5 nitrogen and oxygen atoms in total. The van der Waals surface area contributed by atoms with Crippen LogP contribution in [0.15, 0.2) is 36.0 Å². The number of benzene rings is 1. The lowest BCUT2D eigenvalue weighted by atomic mass is 9.70. The van der Waals surface area contributed by atoms with Crippen molar-refractivity contribution in [3.8, 4) is 5.75 Å². The van der Waals surface area contributed by atoms with Crippen molar-refractivity contribution in [1.82, 2.24) is 10.9 Å². The van der Waals surface area contributed by atoms with E-state index in [9.17, 15) is 14.7 Å². The summed E-state index contributed by atoms with van der Waals surface area (Å²) in [7, 11) is 0. The molecule has 3 rings (SSSR count). The molecule has 1 amide bonds. The van der Waals surface area contributed by atoms with Crippen LogP contribution in [0.4, 0.5) is 0 Å². The fourth-order valence-corrected chi connectivity index (χ4v) is 4.01. The number of nitrogens with one attached hydrogen (secondary N) is 2. The molecule has 0 aromatic heterocycles. The van der Waals surface area contributed by atoms with E-state index in [1.165, 1.54) is 12.1 Å². The number of fused-ring (bicyclic) bond motifs is 2. The highest BCUT2D eigenvalue weighted by molar-refractivity contribution is 6.04. The minimum Gasteiger partial charge on any atom is -0.507 e. The van der Waals surface area contributed by atoms with E-state index in [4.69, 9.17) is 0 Å². The summed E-state index contributed by atoms with van der Waals surface area (Å²) < 4.78 is 0. The normalized spacial score (nSPS) is 29.8. The van der Waals surface area contributed by atoms with Crippen molar-refractivity contribution in [3.63, 3.8) is 0 Å². The molecule has 2 atom stereocenters. The Morgan fingerprint density at radius 2 is 2.00 bits per heavy atom. The summed E-state index contributed by atoms with van der Waals surface area (Å²) in [5.41, 5.74) is 5.81. The maximum Gasteiger partial charge on any atom is 0.273 e. The second-order valence-corrected chi connectivity index (χ2v) is 7.19. The lowest BCUT2D eigenvalue weighted by Crippen LogP contribution is -2.35. The highest BCUT2D eigenvalue weighted by atomic mass is 16.3. The zero-order valence-electron chi connectivity index (χ0n) is 13.6. The number of phenolic OH excluding ortho intramolecular Hbond substituents is 1. The minimum atomic E-state index is -0.443. The number of allylic oxidation sites excluding steroid dienone is 1. The van der Waals surface area contributed by atoms with Gasteiger partial charge in [0.1, 0.15) is 5.75 Å². The predicted octanol–water partition coefficient (Wildman–Crippen LogP) is 2.54. The first-order chi connectivity index (χ1) is 10.8. The molecular weight excluding hydrogens is 292 g/mol. The second kappa shape index (κ2) is 5.11. The summed E-state index contributed by atoms with van der Waals surface area (Å²) in [5.74, 6) is -0.136. The van der Waals surface area contributed by atoms with Crippen molar-refractivity contribution in [2.24, 2.45) is 16.7 Å². The van der Waals surface area contributed by atoms with E-state index in [0.717, 1.165) is 18.4 Å². The number of phenols is 1. The SMILES string of the molecule is CC1(C)[C@H]2CC[C@@]1(C)C(=O)/C2=C\NNC(=O)c1ccccc1O. The van der Waals surface area contributed by atoms with Crippen LogP contribution in [0.2, 0.25) is 0 Å². The number of rotatable bonds is 3. The fourth-order valence-electron chi connectivity index (χ4n) is 4.01. The summed E-state index contributed by atoms with van der Waals surface area (Å²) in [5, 5.41) is 9.66. The monoisotopic (exact) mass is 314 g/mol. The van der Waals surface area contributed by atoms with Gasteiger partial charge < -0.3 is 10.5 Å². The van der Waals surface area contributed by atoms with E-state index < -0.39 is 5.91 Å². The Balaban J connectivity index is 1.72. The molecular formula is C18H22N2O3. The van der Waals surface area contributed by atoms with E-state index in [1.807, 2.05) is 6.92 Å². The number of hydrogen-bond acceptors (Lipinski definition) is 4. The van der Waals surface area contributed by atoms with Crippen molar-refractivity contribution < 1.29 is 14.7 Å². The quantitative estimate of drug-likeness (QED) is 0.592. The maximum absolute atomic E-state index is 12.6. The van der Waals surface area contributed by atoms with Gasteiger partial charge in [0.15, 0.2) is 5.78 Å². The lowest BCUT2D eigenvalue weighted by molar-refractivity contribution is -0.125. The molecule has 0 spiro atoms. The molecule has 23 heavy (non-hydrogen) atoms. The van der Waals surface area contributed by atoms with E-state index in [1.54, 1.807) is 18.3 Å². The van der Waals surface area contributed by atoms with Crippen molar-refractivity contribution in [2.45, 2.75) is 33.6 Å². The van der Waals surface area contributed by atoms with Crippen molar-refractivity contribution >= 4 is 11.7 Å². The van der Waals surface area contributed by atoms with Gasteiger partial charge >= 0.3 is 0 Å². The van der Waals surface area contributed by atoms with Gasteiger partial charge in [0, 0.05) is 17.2 Å². The minimum absolute atomic E-state index is 0.0562. The molecule has 3 N–H and O–H groups in total. The van der Waals surface area contributed by atoms with Gasteiger partial charge in [0.05, 0.1) is 5.56 Å². The molecule has 2 saturated carbocycles. The van der Waals surface area contributed by atoms with Gasteiger partial charge in [0.2, 0.25) is 0 Å². The number of aromatic hydroxyl groups is 1. The number of ketones is 1. The van der Waals surface area contributed by atoms with Crippen LogP contribution in [0.5, 0.6) is 5.75 Å². The van der Waals surface area contributed by atoms with E-state index in [-0.39, 0.29) is 33.8 Å². The average Bonchev–Trinajstić information content (AvgIpc) is 2.81. The lowest BCUT2D eigenvalue weighted by Gasteiger charge is -2.31. The number of Topliss-reactive ketones (excluding diaryl/α,β-unsaturated/α-hetero) is 1. The number of hydrogen-bond donors (Lipinski definition) is 3. The Kier molecular flexibility index (Phi) is 3.47. The van der Waals surface area contributed by atoms with Crippen LogP contribution in [0, 0.1) is 16.7 Å². The van der Waals surface area contributed by atoms with Gasteiger partial charge in [-0.05, 0) is 36.3 Å². The molecule has 5 heteroatoms. The molecule has 2 bridgehead atoms. The summed E-state index contributed by atoms with van der Waals surface area (Å²) in [6.45, 7) is 6.32. The molecule has 1 aromatic rings. The Hall–Kier alpha value is -2.30. The highest BCUT2D eigenvalue weighted by Crippen LogP contribution is 2.65. The van der Waals surface area contributed by atoms with Gasteiger partial charge in [-0.15, -0.1) is 0 Å². The Bertz CT molecular complexity index is 708. The average molecular weight is 314 g/mol. The standard InChI is InChI=1S/C18H22N2O3/c1-17(2)13-8-9-18(17,3)15(22)12(13)10-19-20-16(23)11-6-4-5-7-14(11)21/h4-7,10,13,19,21H,8-9H2,1-3H3,(H,20,23)/b12-10-/t13-,18-/m0/s1. The van der Waals surface area contributed by atoms with Crippen LogP contribution in [0.1, 0.15) is 44.0 Å². The molecule has 0 aliphatic heterocycles. The van der Waals surface area contributed by atoms with Crippen LogP contribution in [0.3, 0.4) is 0 Å². The number of para-hydroxylation sites is 1. The fraction of sp³-hybridized carbons (Fsp3) is 0.444. The molecule has 0 unspecified atom stereocenters. The van der Waals surface area contributed by atoms with Gasteiger partial charge in [-0.3, -0.25) is 15.0 Å². The Morgan fingerprint density at radius 1 is 1.30 bits per heavy atom. The first-order valence-corrected chi connectivity index (χ1v) is 7.88. The number of amides is 1. The van der Waals surface area contributed by atoms with Gasteiger partial charge in [-0.25, -0.2) is 0 Å². The number of hydrazine groups is 1. The van der Waals surface area contributed by atoms with Crippen LogP contribution in [0.25, 0.3) is 0 Å². The topological polar surface area (TPSA) is 78.4 Å². The smallest absolute Gasteiger partial charge is 0.273 e. The van der Waals surface area contributed by atoms with E-state index >= 15 is 0 Å². The van der Waals surface area contributed by atoms with Crippen LogP contribution < -0.4 is 10.9 Å². The number of carbonyl (C=O) groups is 2. The van der Waals surface area contributed by atoms with Crippen LogP contribution >= 0.6 is 0 Å². The third kappa shape index (κ3) is 2.14. The Labute approximate surface area is 135 Å². The summed E-state index contributed by atoms with van der Waals surface area (Å²) in [4.78, 5) is 24.7. The zero-order chi connectivity index (χ0) is 16.8. The molecule has 1 aromatic carbocycles. The third-order valence-electron chi connectivity index (χ3n) is 5.93. The largest absolute Gasteiger partial charge is 0.507 e. The predicted molar refractivity (Wildman–Crippen MR) is 86.4 cm³/mol. The van der Waals surface area contributed by atoms with Gasteiger partial charge in [0.25, 0.3) is 5.91 Å². The highest BCUT2D eigenvalue weighted by Gasteiger charge is 2.63. The first kappa shape index (κ1) is 15.6. The molecule has 0 radical (unpaired) electrons. The first-order valence-electron chi connectivity index (χ1n) is 7.88. The van der Waals surface area contributed by atoms with Crippen molar-refractivity contribution in [1.29, 1.82) is 0 Å². The number of carbonyl (C=O) groups excluding carboxylic acids is 2. The molecule has 122 valence electrons. The van der Waals surface area contributed by atoms with Crippen LogP contribution in [-0.4, -0.2) is 16.8 Å². The van der Waals surface area contributed by atoms with Gasteiger partial charge in [-0.2, -0.15) is 0 Å². The summed E-state index contributed by atoms with van der Waals surface area (Å²) in [6.07, 6.45) is 3.53. The van der Waals surface area contributed by atoms with Gasteiger partial charge in [-0.1, -0.05) is 32.9 Å². The molecule has 2 aliphatic carbocycles. The maximum atomic E-state index is 12.6. The molecule has 2 fully saturated rings. The van der Waals surface area contributed by atoms with E-state index in [0.29, 0.717) is 0 Å². The Morgan fingerprint density at radius 3 is 2.61 bits per heavy atom. The third-order valence-corrected chi connectivity index (χ3v) is 5.93. The van der Waals surface area contributed by atoms with E-state index in [2.05, 4.69) is 24.7 Å². The van der Waals surface area contributed by atoms with Crippen molar-refractivity contribution in [3.05, 3.63) is 41.6 Å². The molecule has 0 heterocycles. The second-order valence-electron chi connectivity index (χ2n) is 7.19. The summed E-state index contributed by atoms with van der Waals surface area (Å²) >= 11 is 0.